The SMILES string of the molecule is O=C(O)c1ccc(S(=O)(=O)N2CCCc3c(F)cc(F)cc32)cc1. The molecule has 0 saturated carbocycles. The zero-order valence-corrected chi connectivity index (χ0v) is 13.2. The van der Waals surface area contributed by atoms with Crippen LogP contribution in [0.3, 0.4) is 0 Å². The van der Waals surface area contributed by atoms with Crippen molar-refractivity contribution in [2.45, 2.75) is 17.7 Å². The highest BCUT2D eigenvalue weighted by molar-refractivity contribution is 7.92. The van der Waals surface area contributed by atoms with Crippen LogP contribution in [0.25, 0.3) is 0 Å². The van der Waals surface area contributed by atoms with Gasteiger partial charge in [0.15, 0.2) is 0 Å². The van der Waals surface area contributed by atoms with E-state index in [9.17, 15) is 22.0 Å². The van der Waals surface area contributed by atoms with E-state index in [0.29, 0.717) is 12.8 Å². The Kier molecular flexibility index (Phi) is 4.00. The van der Waals surface area contributed by atoms with Crippen molar-refractivity contribution in [1.82, 2.24) is 0 Å². The minimum atomic E-state index is -4.04. The van der Waals surface area contributed by atoms with Gasteiger partial charge in [-0.2, -0.15) is 0 Å². The van der Waals surface area contributed by atoms with Crippen LogP contribution in [0.1, 0.15) is 22.3 Å². The van der Waals surface area contributed by atoms with Gasteiger partial charge in [0.2, 0.25) is 0 Å². The third-order valence-electron chi connectivity index (χ3n) is 3.88. The van der Waals surface area contributed by atoms with Crippen LogP contribution in [0.2, 0.25) is 0 Å². The van der Waals surface area contributed by atoms with Crippen molar-refractivity contribution in [3.63, 3.8) is 0 Å². The number of carboxylic acid groups (broad SMARTS) is 1. The van der Waals surface area contributed by atoms with E-state index in [1.54, 1.807) is 0 Å². The van der Waals surface area contributed by atoms with E-state index in [1.807, 2.05) is 0 Å². The molecule has 0 unspecified atom stereocenters. The zero-order valence-electron chi connectivity index (χ0n) is 12.4. The fourth-order valence-corrected chi connectivity index (χ4v) is 4.25. The second-order valence-electron chi connectivity index (χ2n) is 5.40. The lowest BCUT2D eigenvalue weighted by atomic mass is 10.0. The highest BCUT2D eigenvalue weighted by atomic mass is 32.2. The first-order valence-electron chi connectivity index (χ1n) is 7.15. The van der Waals surface area contributed by atoms with Gasteiger partial charge in [-0.05, 0) is 43.2 Å². The number of halogens is 2. The summed E-state index contributed by atoms with van der Waals surface area (Å²) >= 11 is 0. The number of rotatable bonds is 3. The van der Waals surface area contributed by atoms with E-state index in [0.717, 1.165) is 16.4 Å². The average molecular weight is 353 g/mol. The number of fused-ring (bicyclic) bond motifs is 1. The monoisotopic (exact) mass is 353 g/mol. The van der Waals surface area contributed by atoms with Gasteiger partial charge in [0, 0.05) is 18.2 Å². The average Bonchev–Trinajstić information content (AvgIpc) is 2.54. The summed E-state index contributed by atoms with van der Waals surface area (Å²) in [6.07, 6.45) is 0.730. The highest BCUT2D eigenvalue weighted by Crippen LogP contribution is 2.34. The molecule has 1 heterocycles. The van der Waals surface area contributed by atoms with Crippen molar-refractivity contribution in [2.75, 3.05) is 10.8 Å². The van der Waals surface area contributed by atoms with Crippen LogP contribution < -0.4 is 4.31 Å². The summed E-state index contributed by atoms with van der Waals surface area (Å²) in [5, 5.41) is 8.88. The Morgan fingerprint density at radius 2 is 1.79 bits per heavy atom. The van der Waals surface area contributed by atoms with Crippen LogP contribution in [0.5, 0.6) is 0 Å². The third-order valence-corrected chi connectivity index (χ3v) is 5.71. The fraction of sp³-hybridized carbons (Fsp3) is 0.188. The molecule has 3 rings (SSSR count). The van der Waals surface area contributed by atoms with Crippen molar-refractivity contribution in [3.8, 4) is 0 Å². The second kappa shape index (κ2) is 5.86. The Bertz CT molecular complexity index is 910. The lowest BCUT2D eigenvalue weighted by Crippen LogP contribution is -2.36. The normalized spacial score (nSPS) is 14.3. The maximum absolute atomic E-state index is 13.9. The summed E-state index contributed by atoms with van der Waals surface area (Å²) in [6.45, 7) is 0.0961. The Hall–Kier alpha value is -2.48. The van der Waals surface area contributed by atoms with Gasteiger partial charge in [0.1, 0.15) is 11.6 Å². The van der Waals surface area contributed by atoms with Crippen LogP contribution >= 0.6 is 0 Å². The number of hydrogen-bond acceptors (Lipinski definition) is 3. The number of nitrogens with zero attached hydrogens (tertiary/aromatic N) is 1. The van der Waals surface area contributed by atoms with E-state index >= 15 is 0 Å². The van der Waals surface area contributed by atoms with E-state index in [1.165, 1.54) is 24.3 Å². The first-order valence-corrected chi connectivity index (χ1v) is 8.59. The smallest absolute Gasteiger partial charge is 0.335 e. The summed E-state index contributed by atoms with van der Waals surface area (Å²) in [6, 6.07) is 6.42. The van der Waals surface area contributed by atoms with Gasteiger partial charge in [-0.15, -0.1) is 0 Å². The molecular weight excluding hydrogens is 340 g/mol. The van der Waals surface area contributed by atoms with Crippen LogP contribution in [0, 0.1) is 11.6 Å². The summed E-state index contributed by atoms with van der Waals surface area (Å²) in [4.78, 5) is 10.7. The van der Waals surface area contributed by atoms with Gasteiger partial charge in [0.05, 0.1) is 16.1 Å². The molecule has 126 valence electrons. The molecular formula is C16H13F2NO4S. The fourth-order valence-electron chi connectivity index (χ4n) is 2.73. The predicted molar refractivity (Wildman–Crippen MR) is 82.6 cm³/mol. The van der Waals surface area contributed by atoms with Crippen molar-refractivity contribution in [2.24, 2.45) is 0 Å². The molecule has 0 aliphatic carbocycles. The Balaban J connectivity index is 2.07. The molecule has 2 aromatic rings. The van der Waals surface area contributed by atoms with E-state index in [-0.39, 0.29) is 28.3 Å². The molecule has 1 aliphatic rings. The van der Waals surface area contributed by atoms with Gasteiger partial charge >= 0.3 is 5.97 Å². The summed E-state index contributed by atoms with van der Waals surface area (Å²) < 4.78 is 54.0. The van der Waals surface area contributed by atoms with Crippen LogP contribution in [0.4, 0.5) is 14.5 Å². The van der Waals surface area contributed by atoms with Crippen molar-refractivity contribution in [1.29, 1.82) is 0 Å². The summed E-state index contributed by atoms with van der Waals surface area (Å²) in [5.41, 5.74) is 0.0968. The second-order valence-corrected chi connectivity index (χ2v) is 7.26. The first kappa shape index (κ1) is 16.4. The minimum absolute atomic E-state index is 0.0129. The lowest BCUT2D eigenvalue weighted by molar-refractivity contribution is 0.0696. The standard InChI is InChI=1S/C16H13F2NO4S/c17-11-8-14(18)13-2-1-7-19(15(13)9-11)24(22,23)12-5-3-10(4-6-12)16(20)21/h3-6,8-9H,1-2,7H2,(H,20,21). The molecule has 1 N–H and O–H groups in total. The predicted octanol–water partition coefficient (Wildman–Crippen LogP) is 2.80. The minimum Gasteiger partial charge on any atom is -0.478 e. The van der Waals surface area contributed by atoms with E-state index < -0.39 is 27.6 Å². The molecule has 2 aromatic carbocycles. The summed E-state index contributed by atoms with van der Waals surface area (Å²) in [7, 11) is -4.04. The Labute approximate surface area is 137 Å². The quantitative estimate of drug-likeness (QED) is 0.921. The molecule has 1 aliphatic heterocycles. The van der Waals surface area contributed by atoms with Gasteiger partial charge < -0.3 is 5.11 Å². The van der Waals surface area contributed by atoms with E-state index in [2.05, 4.69) is 0 Å². The molecule has 0 fully saturated rings. The number of carboxylic acids is 1. The number of benzene rings is 2. The maximum atomic E-state index is 13.9. The van der Waals surface area contributed by atoms with Crippen LogP contribution in [-0.4, -0.2) is 26.0 Å². The van der Waals surface area contributed by atoms with Crippen molar-refractivity contribution < 1.29 is 27.1 Å². The maximum Gasteiger partial charge on any atom is 0.335 e. The highest BCUT2D eigenvalue weighted by Gasteiger charge is 2.31. The molecule has 0 aromatic heterocycles. The molecule has 0 spiro atoms. The molecule has 0 bridgehead atoms. The number of carbonyl (C=O) groups is 1. The zero-order chi connectivity index (χ0) is 17.5. The molecule has 8 heteroatoms. The number of sulfonamides is 1. The van der Waals surface area contributed by atoms with Gasteiger partial charge in [-0.1, -0.05) is 0 Å². The van der Waals surface area contributed by atoms with Crippen LogP contribution in [-0.2, 0) is 16.4 Å². The van der Waals surface area contributed by atoms with Gasteiger partial charge in [-0.25, -0.2) is 22.0 Å². The topological polar surface area (TPSA) is 74.7 Å². The van der Waals surface area contributed by atoms with Gasteiger partial charge in [-0.3, -0.25) is 4.31 Å². The molecule has 24 heavy (non-hydrogen) atoms. The van der Waals surface area contributed by atoms with Crippen molar-refractivity contribution in [3.05, 3.63) is 59.2 Å². The molecule has 0 amide bonds. The number of aromatic carboxylic acids is 1. The largest absolute Gasteiger partial charge is 0.478 e. The molecule has 0 radical (unpaired) electrons. The molecule has 5 nitrogen and oxygen atoms in total. The molecule has 0 atom stereocenters. The third kappa shape index (κ3) is 2.73. The Morgan fingerprint density at radius 1 is 1.12 bits per heavy atom. The Morgan fingerprint density at radius 3 is 2.42 bits per heavy atom. The van der Waals surface area contributed by atoms with Crippen LogP contribution in [0.15, 0.2) is 41.3 Å². The lowest BCUT2D eigenvalue weighted by Gasteiger charge is -2.30. The molecule has 0 saturated heterocycles. The van der Waals surface area contributed by atoms with Crippen molar-refractivity contribution >= 4 is 21.7 Å². The first-order chi connectivity index (χ1) is 11.3. The van der Waals surface area contributed by atoms with E-state index in [4.69, 9.17) is 5.11 Å². The van der Waals surface area contributed by atoms with Gasteiger partial charge in [0.25, 0.3) is 10.0 Å². The number of anilines is 1. The summed E-state index contributed by atoms with van der Waals surface area (Å²) in [5.74, 6) is -2.80. The number of hydrogen-bond donors (Lipinski definition) is 1.